The first kappa shape index (κ1) is 16.6. The zero-order valence-electron chi connectivity index (χ0n) is 12.1. The van der Waals surface area contributed by atoms with Crippen LogP contribution in [-0.2, 0) is 10.1 Å². The molecule has 0 aliphatic carbocycles. The summed E-state index contributed by atoms with van der Waals surface area (Å²) in [5, 5.41) is 0. The Labute approximate surface area is 138 Å². The molecule has 118 valence electrons. The third-order valence-corrected chi connectivity index (χ3v) is 4.50. The lowest BCUT2D eigenvalue weighted by Crippen LogP contribution is -2.12. The summed E-state index contributed by atoms with van der Waals surface area (Å²) >= 11 is 3.25. The van der Waals surface area contributed by atoms with Gasteiger partial charge in [-0.05, 0) is 49.4 Å². The Hall–Kier alpha value is -1.73. The standard InChI is InChI=1S/C15H15BrO5S/c1-3-20-14-9-4-11(16)10-15(14)22(17,18)21-13-7-5-12(19-2)6-8-13/h4-10H,3H2,1-2H3. The van der Waals surface area contributed by atoms with Gasteiger partial charge in [-0.15, -0.1) is 0 Å². The molecular weight excluding hydrogens is 372 g/mol. The zero-order chi connectivity index (χ0) is 16.2. The van der Waals surface area contributed by atoms with E-state index in [2.05, 4.69) is 15.9 Å². The minimum absolute atomic E-state index is 0.0282. The van der Waals surface area contributed by atoms with Gasteiger partial charge in [0.15, 0.2) is 0 Å². The number of halogens is 1. The van der Waals surface area contributed by atoms with Crippen LogP contribution >= 0.6 is 15.9 Å². The van der Waals surface area contributed by atoms with Gasteiger partial charge in [0, 0.05) is 4.47 Å². The zero-order valence-corrected chi connectivity index (χ0v) is 14.5. The normalized spacial score (nSPS) is 11.0. The van der Waals surface area contributed by atoms with Gasteiger partial charge < -0.3 is 13.7 Å². The average molecular weight is 387 g/mol. The maximum Gasteiger partial charge on any atom is 0.342 e. The van der Waals surface area contributed by atoms with E-state index < -0.39 is 10.1 Å². The van der Waals surface area contributed by atoms with E-state index in [4.69, 9.17) is 13.7 Å². The molecule has 0 spiro atoms. The summed E-state index contributed by atoms with van der Waals surface area (Å²) in [6, 6.07) is 11.0. The lowest BCUT2D eigenvalue weighted by molar-refractivity contribution is 0.329. The molecule has 0 N–H and O–H groups in total. The third-order valence-electron chi connectivity index (χ3n) is 2.74. The second-order valence-corrected chi connectivity index (χ2v) is 6.67. The molecule has 2 rings (SSSR count). The maximum atomic E-state index is 12.4. The molecule has 5 nitrogen and oxygen atoms in total. The van der Waals surface area contributed by atoms with E-state index in [1.165, 1.54) is 25.3 Å². The Bertz CT molecular complexity index is 741. The number of methoxy groups -OCH3 is 1. The molecule has 0 amide bonds. The SMILES string of the molecule is CCOc1ccc(Br)cc1S(=O)(=O)Oc1ccc(OC)cc1. The van der Waals surface area contributed by atoms with Crippen LogP contribution < -0.4 is 13.7 Å². The fourth-order valence-corrected chi connectivity index (χ4v) is 3.37. The number of hydrogen-bond acceptors (Lipinski definition) is 5. The van der Waals surface area contributed by atoms with Crippen molar-refractivity contribution in [2.45, 2.75) is 11.8 Å². The molecular formula is C15H15BrO5S. The van der Waals surface area contributed by atoms with Crippen LogP contribution in [0.1, 0.15) is 6.92 Å². The smallest absolute Gasteiger partial charge is 0.342 e. The van der Waals surface area contributed by atoms with E-state index in [1.807, 2.05) is 0 Å². The Morgan fingerprint density at radius 1 is 1.05 bits per heavy atom. The molecule has 2 aromatic carbocycles. The Kier molecular flexibility index (Phi) is 5.31. The van der Waals surface area contributed by atoms with Crippen molar-refractivity contribution in [1.82, 2.24) is 0 Å². The van der Waals surface area contributed by atoms with Gasteiger partial charge in [-0.1, -0.05) is 15.9 Å². The van der Waals surface area contributed by atoms with Crippen LogP contribution in [0.25, 0.3) is 0 Å². The molecule has 0 atom stereocenters. The topological polar surface area (TPSA) is 61.8 Å². The summed E-state index contributed by atoms with van der Waals surface area (Å²) < 4.78 is 41.0. The van der Waals surface area contributed by atoms with Crippen molar-refractivity contribution in [3.8, 4) is 17.2 Å². The van der Waals surface area contributed by atoms with E-state index >= 15 is 0 Å². The molecule has 2 aromatic rings. The van der Waals surface area contributed by atoms with Gasteiger partial charge in [0.25, 0.3) is 0 Å². The van der Waals surface area contributed by atoms with E-state index in [0.29, 0.717) is 16.8 Å². The second-order valence-electron chi connectivity index (χ2n) is 4.24. The number of ether oxygens (including phenoxy) is 2. The van der Waals surface area contributed by atoms with Gasteiger partial charge in [0.2, 0.25) is 0 Å². The van der Waals surface area contributed by atoms with Gasteiger partial charge in [-0.3, -0.25) is 0 Å². The summed E-state index contributed by atoms with van der Waals surface area (Å²) in [5.41, 5.74) is 0. The maximum absolute atomic E-state index is 12.4. The van der Waals surface area contributed by atoms with Gasteiger partial charge in [-0.2, -0.15) is 8.42 Å². The van der Waals surface area contributed by atoms with Gasteiger partial charge in [0.05, 0.1) is 13.7 Å². The quantitative estimate of drug-likeness (QED) is 0.709. The Balaban J connectivity index is 2.35. The van der Waals surface area contributed by atoms with Crippen molar-refractivity contribution in [3.05, 3.63) is 46.9 Å². The third kappa shape index (κ3) is 3.92. The molecule has 0 aliphatic rings. The van der Waals surface area contributed by atoms with Crippen LogP contribution in [0.5, 0.6) is 17.2 Å². The summed E-state index contributed by atoms with van der Waals surface area (Å²) in [7, 11) is -2.47. The van der Waals surface area contributed by atoms with Crippen molar-refractivity contribution in [2.75, 3.05) is 13.7 Å². The highest BCUT2D eigenvalue weighted by atomic mass is 79.9. The first-order valence-corrected chi connectivity index (χ1v) is 8.67. The lowest BCUT2D eigenvalue weighted by Gasteiger charge is -2.12. The minimum Gasteiger partial charge on any atom is -0.497 e. The number of rotatable bonds is 6. The summed E-state index contributed by atoms with van der Waals surface area (Å²) in [6.07, 6.45) is 0. The first-order chi connectivity index (χ1) is 10.5. The van der Waals surface area contributed by atoms with Crippen molar-refractivity contribution < 1.29 is 22.1 Å². The molecule has 0 fully saturated rings. The molecule has 0 bridgehead atoms. The van der Waals surface area contributed by atoms with Crippen LogP contribution in [0.4, 0.5) is 0 Å². The molecule has 7 heteroatoms. The molecule has 0 aromatic heterocycles. The highest BCUT2D eigenvalue weighted by molar-refractivity contribution is 9.10. The largest absolute Gasteiger partial charge is 0.497 e. The van der Waals surface area contributed by atoms with Crippen molar-refractivity contribution in [2.24, 2.45) is 0 Å². The van der Waals surface area contributed by atoms with E-state index in [9.17, 15) is 8.42 Å². The fraction of sp³-hybridized carbons (Fsp3) is 0.200. The monoisotopic (exact) mass is 386 g/mol. The molecule has 0 unspecified atom stereocenters. The van der Waals surface area contributed by atoms with Crippen LogP contribution in [0, 0.1) is 0 Å². The summed E-state index contributed by atoms with van der Waals surface area (Å²) in [6.45, 7) is 2.13. The fourth-order valence-electron chi connectivity index (χ4n) is 1.75. The highest BCUT2D eigenvalue weighted by Crippen LogP contribution is 2.30. The first-order valence-electron chi connectivity index (χ1n) is 6.47. The molecule has 22 heavy (non-hydrogen) atoms. The van der Waals surface area contributed by atoms with E-state index in [1.54, 1.807) is 31.2 Å². The van der Waals surface area contributed by atoms with Crippen molar-refractivity contribution in [1.29, 1.82) is 0 Å². The Morgan fingerprint density at radius 2 is 1.68 bits per heavy atom. The molecule has 0 aliphatic heterocycles. The molecule has 0 radical (unpaired) electrons. The van der Waals surface area contributed by atoms with E-state index in [0.717, 1.165) is 0 Å². The second kappa shape index (κ2) is 7.02. The predicted molar refractivity (Wildman–Crippen MR) is 86.1 cm³/mol. The summed E-state index contributed by atoms with van der Waals surface area (Å²) in [5.74, 6) is 1.06. The molecule has 0 heterocycles. The predicted octanol–water partition coefficient (Wildman–Crippen LogP) is 3.62. The average Bonchev–Trinajstić information content (AvgIpc) is 2.49. The van der Waals surface area contributed by atoms with Crippen LogP contribution in [0.2, 0.25) is 0 Å². The summed E-state index contributed by atoms with van der Waals surface area (Å²) in [4.78, 5) is -0.0282. The molecule has 0 saturated carbocycles. The van der Waals surface area contributed by atoms with Crippen molar-refractivity contribution >= 4 is 26.0 Å². The van der Waals surface area contributed by atoms with Gasteiger partial charge in [-0.25, -0.2) is 0 Å². The number of hydrogen-bond donors (Lipinski definition) is 0. The van der Waals surface area contributed by atoms with Crippen molar-refractivity contribution in [3.63, 3.8) is 0 Å². The van der Waals surface area contributed by atoms with Crippen LogP contribution in [0.3, 0.4) is 0 Å². The van der Waals surface area contributed by atoms with Gasteiger partial charge >= 0.3 is 10.1 Å². The lowest BCUT2D eigenvalue weighted by atomic mass is 10.3. The minimum atomic E-state index is -4.00. The van der Waals surface area contributed by atoms with Crippen LogP contribution in [0.15, 0.2) is 51.8 Å². The molecule has 0 saturated heterocycles. The highest BCUT2D eigenvalue weighted by Gasteiger charge is 2.22. The Morgan fingerprint density at radius 3 is 2.27 bits per heavy atom. The van der Waals surface area contributed by atoms with Gasteiger partial charge in [0.1, 0.15) is 22.1 Å². The van der Waals surface area contributed by atoms with E-state index in [-0.39, 0.29) is 16.4 Å². The number of benzene rings is 2. The van der Waals surface area contributed by atoms with Crippen LogP contribution in [-0.4, -0.2) is 22.1 Å².